The highest BCUT2D eigenvalue weighted by molar-refractivity contribution is 5.91. The first-order valence-corrected chi connectivity index (χ1v) is 6.68. The first-order valence-electron chi connectivity index (χ1n) is 6.68. The number of nitrogens with one attached hydrogen (secondary N) is 1. The molecule has 1 aromatic heterocycles. The molecule has 0 spiro atoms. The number of benzene rings is 1. The van der Waals surface area contributed by atoms with E-state index in [4.69, 9.17) is 0 Å². The van der Waals surface area contributed by atoms with Crippen LogP contribution in [0.3, 0.4) is 0 Å². The largest absolute Gasteiger partial charge is 0.369 e. The summed E-state index contributed by atoms with van der Waals surface area (Å²) in [5.41, 5.74) is 2.27. The molecule has 0 bridgehead atoms. The van der Waals surface area contributed by atoms with Crippen molar-refractivity contribution in [2.24, 2.45) is 0 Å². The van der Waals surface area contributed by atoms with E-state index in [1.54, 1.807) is 6.92 Å². The standard InChI is InChI=1S/C14H18N4O/c1-11(19)17-6-3-7-18(9-8-17)14-5-2-4-13-12(14)10-15-16-13/h2,4-5,10H,3,6-9H2,1H3,(H,15,16). The molecule has 1 aliphatic rings. The fourth-order valence-corrected chi connectivity index (χ4v) is 2.70. The molecule has 3 rings (SSSR count). The van der Waals surface area contributed by atoms with Crippen LogP contribution in [-0.2, 0) is 4.79 Å². The van der Waals surface area contributed by atoms with E-state index in [0.29, 0.717) is 0 Å². The van der Waals surface area contributed by atoms with Crippen molar-refractivity contribution in [2.45, 2.75) is 13.3 Å². The van der Waals surface area contributed by atoms with Crippen molar-refractivity contribution < 1.29 is 4.79 Å². The lowest BCUT2D eigenvalue weighted by Gasteiger charge is -2.23. The molecule has 19 heavy (non-hydrogen) atoms. The smallest absolute Gasteiger partial charge is 0.219 e. The summed E-state index contributed by atoms with van der Waals surface area (Å²) in [6.07, 6.45) is 2.88. The summed E-state index contributed by atoms with van der Waals surface area (Å²) in [6, 6.07) is 6.20. The number of aromatic amines is 1. The zero-order valence-corrected chi connectivity index (χ0v) is 11.1. The Morgan fingerprint density at radius 3 is 3.00 bits per heavy atom. The lowest BCUT2D eigenvalue weighted by Crippen LogP contribution is -2.33. The monoisotopic (exact) mass is 258 g/mol. The minimum absolute atomic E-state index is 0.170. The lowest BCUT2D eigenvalue weighted by molar-refractivity contribution is -0.128. The molecule has 1 saturated heterocycles. The van der Waals surface area contributed by atoms with Crippen LogP contribution < -0.4 is 4.90 Å². The maximum Gasteiger partial charge on any atom is 0.219 e. The number of carbonyl (C=O) groups is 1. The van der Waals surface area contributed by atoms with Crippen LogP contribution in [0.25, 0.3) is 10.9 Å². The Hall–Kier alpha value is -2.04. The van der Waals surface area contributed by atoms with Crippen molar-refractivity contribution in [3.8, 4) is 0 Å². The van der Waals surface area contributed by atoms with Gasteiger partial charge in [-0.05, 0) is 18.6 Å². The lowest BCUT2D eigenvalue weighted by atomic mass is 10.2. The highest BCUT2D eigenvalue weighted by Crippen LogP contribution is 2.26. The molecule has 0 saturated carbocycles. The van der Waals surface area contributed by atoms with Crippen LogP contribution in [0.2, 0.25) is 0 Å². The molecule has 100 valence electrons. The zero-order chi connectivity index (χ0) is 13.2. The van der Waals surface area contributed by atoms with Gasteiger partial charge in [0.1, 0.15) is 0 Å². The average molecular weight is 258 g/mol. The predicted octanol–water partition coefficient (Wildman–Crippen LogP) is 1.62. The number of H-pyrrole nitrogens is 1. The number of amides is 1. The Morgan fingerprint density at radius 2 is 2.16 bits per heavy atom. The molecule has 1 aliphatic heterocycles. The zero-order valence-electron chi connectivity index (χ0n) is 11.1. The normalized spacial score (nSPS) is 16.7. The minimum Gasteiger partial charge on any atom is -0.369 e. The molecule has 0 aliphatic carbocycles. The quantitative estimate of drug-likeness (QED) is 0.845. The van der Waals surface area contributed by atoms with Gasteiger partial charge in [-0.25, -0.2) is 0 Å². The molecule has 0 radical (unpaired) electrons. The van der Waals surface area contributed by atoms with Gasteiger partial charge in [-0.3, -0.25) is 9.89 Å². The highest BCUT2D eigenvalue weighted by Gasteiger charge is 2.18. The molecule has 5 nitrogen and oxygen atoms in total. The van der Waals surface area contributed by atoms with Crippen LogP contribution in [-0.4, -0.2) is 47.2 Å². The Balaban J connectivity index is 1.86. The van der Waals surface area contributed by atoms with E-state index in [-0.39, 0.29) is 5.91 Å². The van der Waals surface area contributed by atoms with Gasteiger partial charge in [-0.1, -0.05) is 6.07 Å². The SMILES string of the molecule is CC(=O)N1CCCN(c2cccc3[nH]ncc23)CC1. The first-order chi connectivity index (χ1) is 9.25. The summed E-state index contributed by atoms with van der Waals surface area (Å²) >= 11 is 0. The van der Waals surface area contributed by atoms with Crippen molar-refractivity contribution in [1.82, 2.24) is 15.1 Å². The number of carbonyl (C=O) groups excluding carboxylic acids is 1. The molecule has 0 atom stereocenters. The minimum atomic E-state index is 0.170. The number of fused-ring (bicyclic) bond motifs is 1. The summed E-state index contributed by atoms with van der Waals surface area (Å²) in [5, 5.41) is 8.26. The second-order valence-electron chi connectivity index (χ2n) is 4.96. The van der Waals surface area contributed by atoms with Crippen molar-refractivity contribution in [1.29, 1.82) is 0 Å². The number of anilines is 1. The van der Waals surface area contributed by atoms with E-state index in [0.717, 1.165) is 43.5 Å². The number of hydrogen-bond donors (Lipinski definition) is 1. The molecule has 1 fully saturated rings. The number of aromatic nitrogens is 2. The molecule has 5 heteroatoms. The van der Waals surface area contributed by atoms with Gasteiger partial charge in [0.05, 0.1) is 11.7 Å². The highest BCUT2D eigenvalue weighted by atomic mass is 16.2. The summed E-state index contributed by atoms with van der Waals surface area (Å²) in [6.45, 7) is 5.15. The molecular weight excluding hydrogens is 240 g/mol. The van der Waals surface area contributed by atoms with E-state index >= 15 is 0 Å². The van der Waals surface area contributed by atoms with Crippen molar-refractivity contribution in [3.05, 3.63) is 24.4 Å². The summed E-state index contributed by atoms with van der Waals surface area (Å²) in [7, 11) is 0. The van der Waals surface area contributed by atoms with Crippen molar-refractivity contribution >= 4 is 22.5 Å². The van der Waals surface area contributed by atoms with Gasteiger partial charge in [-0.15, -0.1) is 0 Å². The topological polar surface area (TPSA) is 52.2 Å². The maximum absolute atomic E-state index is 11.5. The summed E-state index contributed by atoms with van der Waals surface area (Å²) in [5.74, 6) is 0.170. The molecule has 1 N–H and O–H groups in total. The Morgan fingerprint density at radius 1 is 1.26 bits per heavy atom. The van der Waals surface area contributed by atoms with Gasteiger partial charge < -0.3 is 9.80 Å². The molecular formula is C14H18N4O. The van der Waals surface area contributed by atoms with Crippen LogP contribution in [0.4, 0.5) is 5.69 Å². The number of hydrogen-bond acceptors (Lipinski definition) is 3. The van der Waals surface area contributed by atoms with Gasteiger partial charge in [0.2, 0.25) is 5.91 Å². The number of rotatable bonds is 1. The van der Waals surface area contributed by atoms with Crippen molar-refractivity contribution in [3.63, 3.8) is 0 Å². The van der Waals surface area contributed by atoms with Gasteiger partial charge in [-0.2, -0.15) is 5.10 Å². The van der Waals surface area contributed by atoms with Gasteiger partial charge in [0.15, 0.2) is 0 Å². The fraction of sp³-hybridized carbons (Fsp3) is 0.429. The molecule has 2 aromatic rings. The van der Waals surface area contributed by atoms with E-state index < -0.39 is 0 Å². The van der Waals surface area contributed by atoms with Crippen LogP contribution in [0, 0.1) is 0 Å². The van der Waals surface area contributed by atoms with Crippen LogP contribution >= 0.6 is 0 Å². The second-order valence-corrected chi connectivity index (χ2v) is 4.96. The molecule has 1 aromatic carbocycles. The second kappa shape index (κ2) is 4.91. The first kappa shape index (κ1) is 12.0. The Labute approximate surface area is 112 Å². The third-order valence-corrected chi connectivity index (χ3v) is 3.74. The van der Waals surface area contributed by atoms with Gasteiger partial charge in [0.25, 0.3) is 0 Å². The third kappa shape index (κ3) is 2.28. The van der Waals surface area contributed by atoms with E-state index in [1.807, 2.05) is 23.2 Å². The molecule has 2 heterocycles. The Kier molecular flexibility index (Phi) is 3.11. The van der Waals surface area contributed by atoms with E-state index in [9.17, 15) is 4.79 Å². The maximum atomic E-state index is 11.5. The van der Waals surface area contributed by atoms with Crippen LogP contribution in [0.15, 0.2) is 24.4 Å². The summed E-state index contributed by atoms with van der Waals surface area (Å²) in [4.78, 5) is 15.7. The van der Waals surface area contributed by atoms with Gasteiger partial charge in [0, 0.05) is 44.2 Å². The van der Waals surface area contributed by atoms with Crippen LogP contribution in [0.1, 0.15) is 13.3 Å². The van der Waals surface area contributed by atoms with E-state index in [2.05, 4.69) is 21.2 Å². The van der Waals surface area contributed by atoms with Crippen molar-refractivity contribution in [2.75, 3.05) is 31.1 Å². The number of nitrogens with zero attached hydrogens (tertiary/aromatic N) is 3. The molecule has 1 amide bonds. The Bertz CT molecular complexity index is 592. The third-order valence-electron chi connectivity index (χ3n) is 3.74. The van der Waals surface area contributed by atoms with Gasteiger partial charge >= 0.3 is 0 Å². The summed E-state index contributed by atoms with van der Waals surface area (Å²) < 4.78 is 0. The average Bonchev–Trinajstić information content (AvgIpc) is 2.74. The predicted molar refractivity (Wildman–Crippen MR) is 75.2 cm³/mol. The van der Waals surface area contributed by atoms with Crippen LogP contribution in [0.5, 0.6) is 0 Å². The fourth-order valence-electron chi connectivity index (χ4n) is 2.70. The van der Waals surface area contributed by atoms with E-state index in [1.165, 1.54) is 5.69 Å². The molecule has 0 unspecified atom stereocenters.